The van der Waals surface area contributed by atoms with Crippen molar-refractivity contribution < 1.29 is 14.3 Å². The Bertz CT molecular complexity index is 515. The number of piperidine rings is 1. The highest BCUT2D eigenvalue weighted by Crippen LogP contribution is 2.60. The number of methoxy groups -OCH3 is 1. The number of nitrogens with zero attached hydrogens (tertiary/aromatic N) is 1. The number of rotatable bonds is 7. The molecular weight excluding hydrogens is 316 g/mol. The zero-order valence-corrected chi connectivity index (χ0v) is 16.4. The van der Waals surface area contributed by atoms with Crippen molar-refractivity contribution in [2.45, 2.75) is 47.0 Å². The van der Waals surface area contributed by atoms with Crippen LogP contribution in [0.25, 0.3) is 0 Å². The number of carbonyl (C=O) groups is 2. The molecule has 1 aliphatic carbocycles. The third-order valence-electron chi connectivity index (χ3n) is 5.69. The van der Waals surface area contributed by atoms with Gasteiger partial charge < -0.3 is 15.0 Å². The molecule has 0 aromatic heterocycles. The summed E-state index contributed by atoms with van der Waals surface area (Å²) in [6, 6.07) is 0. The highest BCUT2D eigenvalue weighted by atomic mass is 16.5. The summed E-state index contributed by atoms with van der Waals surface area (Å²) in [5.74, 6) is 0.879. The lowest BCUT2D eigenvalue weighted by Crippen LogP contribution is -2.44. The number of amides is 2. The maximum Gasteiger partial charge on any atom is 0.226 e. The van der Waals surface area contributed by atoms with E-state index in [2.05, 4.69) is 39.1 Å². The summed E-state index contributed by atoms with van der Waals surface area (Å²) >= 11 is 0. The van der Waals surface area contributed by atoms with Crippen LogP contribution in [0.4, 0.5) is 0 Å². The van der Waals surface area contributed by atoms with Crippen LogP contribution in [-0.4, -0.2) is 50.1 Å². The van der Waals surface area contributed by atoms with Crippen LogP contribution in [0, 0.1) is 23.2 Å². The Morgan fingerprint density at radius 3 is 2.44 bits per heavy atom. The first-order valence-corrected chi connectivity index (χ1v) is 9.49. The zero-order chi connectivity index (χ0) is 18.6. The minimum absolute atomic E-state index is 0.0346. The number of likely N-dealkylation sites (tertiary alicyclic amines) is 1. The average Bonchev–Trinajstić information content (AvgIpc) is 3.10. The van der Waals surface area contributed by atoms with Crippen LogP contribution in [0.5, 0.6) is 0 Å². The Morgan fingerprint density at radius 1 is 1.24 bits per heavy atom. The molecule has 0 aromatic carbocycles. The van der Waals surface area contributed by atoms with Crippen LogP contribution in [0.15, 0.2) is 11.6 Å². The molecule has 2 atom stereocenters. The maximum atomic E-state index is 12.9. The van der Waals surface area contributed by atoms with Gasteiger partial charge in [-0.1, -0.05) is 25.5 Å². The van der Waals surface area contributed by atoms with Gasteiger partial charge in [-0.25, -0.2) is 0 Å². The van der Waals surface area contributed by atoms with E-state index in [9.17, 15) is 9.59 Å². The van der Waals surface area contributed by atoms with Crippen LogP contribution in [0.3, 0.4) is 0 Å². The van der Waals surface area contributed by atoms with Gasteiger partial charge in [-0.3, -0.25) is 9.59 Å². The first kappa shape index (κ1) is 20.0. The van der Waals surface area contributed by atoms with E-state index >= 15 is 0 Å². The minimum atomic E-state index is 0.0346. The van der Waals surface area contributed by atoms with Gasteiger partial charge >= 0.3 is 0 Å². The van der Waals surface area contributed by atoms with Crippen molar-refractivity contribution in [3.63, 3.8) is 0 Å². The first-order chi connectivity index (χ1) is 11.8. The van der Waals surface area contributed by atoms with Gasteiger partial charge in [-0.15, -0.1) is 0 Å². The van der Waals surface area contributed by atoms with Crippen molar-refractivity contribution in [2.24, 2.45) is 23.2 Å². The number of nitrogens with one attached hydrogen (secondary N) is 1. The molecule has 1 saturated heterocycles. The quantitative estimate of drug-likeness (QED) is 0.567. The van der Waals surface area contributed by atoms with Crippen molar-refractivity contribution in [1.29, 1.82) is 0 Å². The van der Waals surface area contributed by atoms with Crippen LogP contribution < -0.4 is 5.32 Å². The molecule has 2 aliphatic rings. The third-order valence-corrected chi connectivity index (χ3v) is 5.69. The summed E-state index contributed by atoms with van der Waals surface area (Å²) in [4.78, 5) is 27.0. The van der Waals surface area contributed by atoms with E-state index in [1.807, 2.05) is 4.90 Å². The predicted molar refractivity (Wildman–Crippen MR) is 99.0 cm³/mol. The molecule has 5 nitrogen and oxygen atoms in total. The molecule has 25 heavy (non-hydrogen) atoms. The van der Waals surface area contributed by atoms with Crippen LogP contribution in [0.2, 0.25) is 0 Å². The van der Waals surface area contributed by atoms with Crippen LogP contribution in [-0.2, 0) is 14.3 Å². The van der Waals surface area contributed by atoms with Gasteiger partial charge in [0.05, 0.1) is 5.92 Å². The summed E-state index contributed by atoms with van der Waals surface area (Å²) in [6.45, 7) is 11.3. The second-order valence-electron chi connectivity index (χ2n) is 8.31. The molecular formula is C20H34N2O3. The zero-order valence-electron chi connectivity index (χ0n) is 16.4. The molecule has 0 unspecified atom stereocenters. The van der Waals surface area contributed by atoms with E-state index in [1.165, 1.54) is 5.57 Å². The van der Waals surface area contributed by atoms with E-state index in [1.54, 1.807) is 7.11 Å². The van der Waals surface area contributed by atoms with E-state index in [0.29, 0.717) is 32.2 Å². The van der Waals surface area contributed by atoms with Crippen molar-refractivity contribution in [3.05, 3.63) is 11.6 Å². The topological polar surface area (TPSA) is 58.6 Å². The molecule has 1 heterocycles. The SMILES string of the molecule is COCCCNC(=O)C1CCN(C(=O)[C@H]2[C@H](C=C(C)C)C2(C)C)CC1. The molecule has 5 heteroatoms. The predicted octanol–water partition coefficient (Wildman–Crippen LogP) is 2.62. The lowest BCUT2D eigenvalue weighted by atomic mass is 9.95. The fourth-order valence-corrected chi connectivity index (χ4v) is 3.95. The normalized spacial score (nSPS) is 25.4. The summed E-state index contributed by atoms with van der Waals surface area (Å²) < 4.78 is 4.99. The molecule has 2 amide bonds. The number of hydrogen-bond donors (Lipinski definition) is 1. The summed E-state index contributed by atoms with van der Waals surface area (Å²) in [5.41, 5.74) is 1.33. The third kappa shape index (κ3) is 4.84. The Hall–Kier alpha value is -1.36. The van der Waals surface area contributed by atoms with Crippen molar-refractivity contribution in [2.75, 3.05) is 33.4 Å². The molecule has 2 rings (SSSR count). The monoisotopic (exact) mass is 350 g/mol. The second-order valence-corrected chi connectivity index (χ2v) is 8.31. The standard InChI is InChI=1S/C20H34N2O3/c1-14(2)13-16-17(20(16,3)4)19(24)22-10-7-15(8-11-22)18(23)21-9-6-12-25-5/h13,15-17H,6-12H2,1-5H3,(H,21,23)/t16-,17+/m0/s1. The Morgan fingerprint density at radius 2 is 1.88 bits per heavy atom. The van der Waals surface area contributed by atoms with Gasteiger partial charge in [-0.05, 0) is 44.4 Å². The fourth-order valence-electron chi connectivity index (χ4n) is 3.95. The summed E-state index contributed by atoms with van der Waals surface area (Å²) in [6.07, 6.45) is 4.61. The molecule has 1 saturated carbocycles. The summed E-state index contributed by atoms with van der Waals surface area (Å²) in [7, 11) is 1.66. The van der Waals surface area contributed by atoms with Gasteiger partial charge in [0.25, 0.3) is 0 Å². The first-order valence-electron chi connectivity index (χ1n) is 9.49. The van der Waals surface area contributed by atoms with Gasteiger partial charge in [0.2, 0.25) is 11.8 Å². The number of carbonyl (C=O) groups excluding carboxylic acids is 2. The van der Waals surface area contributed by atoms with E-state index in [0.717, 1.165) is 19.3 Å². The number of hydrogen-bond acceptors (Lipinski definition) is 3. The lowest BCUT2D eigenvalue weighted by Gasteiger charge is -2.32. The van der Waals surface area contributed by atoms with E-state index in [-0.39, 0.29) is 29.1 Å². The Balaban J connectivity index is 1.79. The average molecular weight is 351 g/mol. The molecule has 142 valence electrons. The van der Waals surface area contributed by atoms with Crippen molar-refractivity contribution in [3.8, 4) is 0 Å². The molecule has 0 spiro atoms. The minimum Gasteiger partial charge on any atom is -0.385 e. The van der Waals surface area contributed by atoms with Crippen molar-refractivity contribution >= 4 is 11.8 Å². The van der Waals surface area contributed by atoms with Gasteiger partial charge in [-0.2, -0.15) is 0 Å². The molecule has 0 aromatic rings. The molecule has 0 bridgehead atoms. The highest BCUT2D eigenvalue weighted by molar-refractivity contribution is 5.84. The lowest BCUT2D eigenvalue weighted by molar-refractivity contribution is -0.137. The van der Waals surface area contributed by atoms with E-state index in [4.69, 9.17) is 4.74 Å². The second kappa shape index (κ2) is 8.35. The molecule has 1 N–H and O–H groups in total. The van der Waals surface area contributed by atoms with Crippen molar-refractivity contribution in [1.82, 2.24) is 10.2 Å². The largest absolute Gasteiger partial charge is 0.385 e. The molecule has 0 radical (unpaired) electrons. The molecule has 1 aliphatic heterocycles. The maximum absolute atomic E-state index is 12.9. The highest BCUT2D eigenvalue weighted by Gasteiger charge is 2.61. The Labute approximate surface area is 152 Å². The van der Waals surface area contributed by atoms with Gasteiger partial charge in [0.15, 0.2) is 0 Å². The van der Waals surface area contributed by atoms with Crippen LogP contribution >= 0.6 is 0 Å². The summed E-state index contributed by atoms with van der Waals surface area (Å²) in [5, 5.41) is 2.98. The number of allylic oxidation sites excluding steroid dienone is 2. The van der Waals surface area contributed by atoms with E-state index < -0.39 is 0 Å². The molecule has 2 fully saturated rings. The Kier molecular flexibility index (Phi) is 6.66. The van der Waals surface area contributed by atoms with Gasteiger partial charge in [0.1, 0.15) is 0 Å². The fraction of sp³-hybridized carbons (Fsp3) is 0.800. The number of ether oxygens (including phenoxy) is 1. The van der Waals surface area contributed by atoms with Gasteiger partial charge in [0, 0.05) is 39.3 Å². The smallest absolute Gasteiger partial charge is 0.226 e. The van der Waals surface area contributed by atoms with Crippen LogP contribution in [0.1, 0.15) is 47.0 Å².